The third kappa shape index (κ3) is 3.03. The largest absolute Gasteiger partial charge is 0.359 e. The molecule has 4 rings (SSSR count). The minimum Gasteiger partial charge on any atom is -0.359 e. The van der Waals surface area contributed by atoms with Gasteiger partial charge < -0.3 is 4.52 Å². The lowest BCUT2D eigenvalue weighted by Gasteiger charge is -2.38. The van der Waals surface area contributed by atoms with Crippen molar-refractivity contribution in [1.82, 2.24) is 15.0 Å². The molecule has 1 aliphatic rings. The topological polar surface area (TPSA) is 42.2 Å². The van der Waals surface area contributed by atoms with Crippen LogP contribution in [0.2, 0.25) is 0 Å². The third-order valence-corrected chi connectivity index (χ3v) is 4.40. The summed E-state index contributed by atoms with van der Waals surface area (Å²) in [5.41, 5.74) is 4.58. The van der Waals surface area contributed by atoms with Gasteiger partial charge in [-0.1, -0.05) is 41.1 Å². The molecule has 0 unspecified atom stereocenters. The van der Waals surface area contributed by atoms with Crippen LogP contribution in [0.25, 0.3) is 11.3 Å². The normalized spacial score (nSPS) is 15.5. The van der Waals surface area contributed by atoms with E-state index in [0.717, 1.165) is 36.7 Å². The van der Waals surface area contributed by atoms with Gasteiger partial charge in [-0.3, -0.25) is 9.88 Å². The standard InChI is InChI=1S/C19H19N3O/c1-14-4-6-15(7-5-14)19-9-18(23-21-19)13-22-11-17(12-22)16-3-2-8-20-10-16/h2-10,17H,11-13H2,1H3. The van der Waals surface area contributed by atoms with Crippen LogP contribution >= 0.6 is 0 Å². The number of aromatic nitrogens is 2. The molecule has 1 aliphatic heterocycles. The van der Waals surface area contributed by atoms with E-state index in [0.29, 0.717) is 5.92 Å². The van der Waals surface area contributed by atoms with Crippen molar-refractivity contribution in [3.8, 4) is 11.3 Å². The summed E-state index contributed by atoms with van der Waals surface area (Å²) in [6.07, 6.45) is 3.78. The van der Waals surface area contributed by atoms with Crippen LogP contribution in [0, 0.1) is 6.92 Å². The summed E-state index contributed by atoms with van der Waals surface area (Å²) in [6, 6.07) is 14.6. The Labute approximate surface area is 135 Å². The number of rotatable bonds is 4. The van der Waals surface area contributed by atoms with Gasteiger partial charge >= 0.3 is 0 Å². The van der Waals surface area contributed by atoms with Crippen molar-refractivity contribution >= 4 is 0 Å². The first-order valence-electron chi connectivity index (χ1n) is 7.93. The second-order valence-electron chi connectivity index (χ2n) is 6.22. The maximum atomic E-state index is 5.49. The highest BCUT2D eigenvalue weighted by Crippen LogP contribution is 2.28. The minimum atomic E-state index is 0.586. The van der Waals surface area contributed by atoms with Gasteiger partial charge in [0.2, 0.25) is 0 Å². The molecule has 3 heterocycles. The van der Waals surface area contributed by atoms with Gasteiger partial charge in [-0.05, 0) is 18.6 Å². The minimum absolute atomic E-state index is 0.586. The Kier molecular flexibility index (Phi) is 3.67. The lowest BCUT2D eigenvalue weighted by atomic mass is 9.93. The average molecular weight is 305 g/mol. The molecule has 0 saturated carbocycles. The SMILES string of the molecule is Cc1ccc(-c2cc(CN3CC(c4cccnc4)C3)on2)cc1. The Bertz CT molecular complexity index is 774. The summed E-state index contributed by atoms with van der Waals surface area (Å²) in [5.74, 6) is 1.51. The molecule has 4 nitrogen and oxygen atoms in total. The fraction of sp³-hybridized carbons (Fsp3) is 0.263. The van der Waals surface area contributed by atoms with E-state index in [2.05, 4.69) is 52.3 Å². The third-order valence-electron chi connectivity index (χ3n) is 4.40. The zero-order valence-corrected chi connectivity index (χ0v) is 13.1. The van der Waals surface area contributed by atoms with Crippen LogP contribution in [0.15, 0.2) is 59.4 Å². The average Bonchev–Trinajstić information content (AvgIpc) is 3.01. The van der Waals surface area contributed by atoms with Gasteiger partial charge in [0.05, 0.1) is 6.54 Å². The first kappa shape index (κ1) is 14.2. The summed E-state index contributed by atoms with van der Waals surface area (Å²) in [6.45, 7) is 4.99. The van der Waals surface area contributed by atoms with E-state index >= 15 is 0 Å². The molecule has 0 radical (unpaired) electrons. The van der Waals surface area contributed by atoms with Crippen molar-refractivity contribution in [3.63, 3.8) is 0 Å². The Morgan fingerprint density at radius 2 is 2.00 bits per heavy atom. The van der Waals surface area contributed by atoms with Crippen molar-refractivity contribution in [2.75, 3.05) is 13.1 Å². The second-order valence-corrected chi connectivity index (χ2v) is 6.22. The van der Waals surface area contributed by atoms with E-state index in [1.807, 2.05) is 24.5 Å². The van der Waals surface area contributed by atoms with Gasteiger partial charge in [-0.25, -0.2) is 0 Å². The van der Waals surface area contributed by atoms with Gasteiger partial charge in [0.25, 0.3) is 0 Å². The monoisotopic (exact) mass is 305 g/mol. The highest BCUT2D eigenvalue weighted by Gasteiger charge is 2.28. The molecule has 1 fully saturated rings. The maximum absolute atomic E-state index is 5.49. The number of hydrogen-bond acceptors (Lipinski definition) is 4. The zero-order valence-electron chi connectivity index (χ0n) is 13.1. The molecule has 0 amide bonds. The molecule has 1 aromatic carbocycles. The molecule has 3 aromatic rings. The predicted octanol–water partition coefficient (Wildman–Crippen LogP) is 3.64. The fourth-order valence-corrected chi connectivity index (χ4v) is 3.00. The van der Waals surface area contributed by atoms with E-state index in [1.54, 1.807) is 0 Å². The molecular weight excluding hydrogens is 286 g/mol. The number of benzene rings is 1. The fourth-order valence-electron chi connectivity index (χ4n) is 3.00. The lowest BCUT2D eigenvalue weighted by Crippen LogP contribution is -2.44. The summed E-state index contributed by atoms with van der Waals surface area (Å²) in [7, 11) is 0. The van der Waals surface area contributed by atoms with Crippen molar-refractivity contribution in [1.29, 1.82) is 0 Å². The van der Waals surface area contributed by atoms with Crippen molar-refractivity contribution in [3.05, 3.63) is 71.7 Å². The number of hydrogen-bond donors (Lipinski definition) is 0. The van der Waals surface area contributed by atoms with Gasteiger partial charge in [0.15, 0.2) is 5.76 Å². The first-order chi connectivity index (χ1) is 11.3. The van der Waals surface area contributed by atoms with Gasteiger partial charge in [0.1, 0.15) is 5.69 Å². The van der Waals surface area contributed by atoms with Crippen LogP contribution in [0.3, 0.4) is 0 Å². The maximum Gasteiger partial charge on any atom is 0.151 e. The molecule has 1 saturated heterocycles. The Morgan fingerprint density at radius 3 is 2.74 bits per heavy atom. The molecule has 0 atom stereocenters. The van der Waals surface area contributed by atoms with E-state index in [4.69, 9.17) is 4.52 Å². The quantitative estimate of drug-likeness (QED) is 0.738. The molecule has 0 N–H and O–H groups in total. The van der Waals surface area contributed by atoms with E-state index in [-0.39, 0.29) is 0 Å². The predicted molar refractivity (Wildman–Crippen MR) is 88.9 cm³/mol. The van der Waals surface area contributed by atoms with Crippen molar-refractivity contribution in [2.45, 2.75) is 19.4 Å². The van der Waals surface area contributed by atoms with Crippen LogP contribution < -0.4 is 0 Å². The van der Waals surface area contributed by atoms with E-state index in [1.165, 1.54) is 11.1 Å². The van der Waals surface area contributed by atoms with Crippen LogP contribution in [-0.4, -0.2) is 28.1 Å². The molecule has 4 heteroatoms. The summed E-state index contributed by atoms with van der Waals surface area (Å²) >= 11 is 0. The second kappa shape index (κ2) is 5.97. The van der Waals surface area contributed by atoms with Gasteiger partial charge in [-0.2, -0.15) is 0 Å². The summed E-state index contributed by atoms with van der Waals surface area (Å²) in [4.78, 5) is 6.56. The van der Waals surface area contributed by atoms with Crippen molar-refractivity contribution in [2.24, 2.45) is 0 Å². The Hall–Kier alpha value is -2.46. The molecule has 116 valence electrons. The van der Waals surface area contributed by atoms with Crippen molar-refractivity contribution < 1.29 is 4.52 Å². The highest BCUT2D eigenvalue weighted by atomic mass is 16.5. The number of pyridine rings is 1. The smallest absolute Gasteiger partial charge is 0.151 e. The van der Waals surface area contributed by atoms with Crippen LogP contribution in [0.4, 0.5) is 0 Å². The Balaban J connectivity index is 1.37. The Morgan fingerprint density at radius 1 is 1.17 bits per heavy atom. The summed E-state index contributed by atoms with van der Waals surface area (Å²) < 4.78 is 5.49. The molecule has 23 heavy (non-hydrogen) atoms. The molecule has 0 aliphatic carbocycles. The number of likely N-dealkylation sites (tertiary alicyclic amines) is 1. The van der Waals surface area contributed by atoms with Crippen LogP contribution in [0.5, 0.6) is 0 Å². The zero-order chi connectivity index (χ0) is 15.6. The van der Waals surface area contributed by atoms with E-state index < -0.39 is 0 Å². The molecular formula is C19H19N3O. The van der Waals surface area contributed by atoms with Gasteiger partial charge in [-0.15, -0.1) is 0 Å². The number of nitrogens with zero attached hydrogens (tertiary/aromatic N) is 3. The first-order valence-corrected chi connectivity index (χ1v) is 7.93. The summed E-state index contributed by atoms with van der Waals surface area (Å²) in [5, 5.41) is 4.19. The molecule has 0 bridgehead atoms. The van der Waals surface area contributed by atoms with Crippen LogP contribution in [-0.2, 0) is 6.54 Å². The number of aryl methyl sites for hydroxylation is 1. The van der Waals surface area contributed by atoms with Crippen LogP contribution in [0.1, 0.15) is 22.8 Å². The highest BCUT2D eigenvalue weighted by molar-refractivity contribution is 5.59. The molecule has 0 spiro atoms. The molecule has 2 aromatic heterocycles. The van der Waals surface area contributed by atoms with E-state index in [9.17, 15) is 0 Å². The van der Waals surface area contributed by atoms with Gasteiger partial charge in [0, 0.05) is 43.0 Å². The lowest BCUT2D eigenvalue weighted by molar-refractivity contribution is 0.125.